The van der Waals surface area contributed by atoms with Gasteiger partial charge in [0.25, 0.3) is 5.91 Å². The van der Waals surface area contributed by atoms with Gasteiger partial charge in [0.05, 0.1) is 19.1 Å². The summed E-state index contributed by atoms with van der Waals surface area (Å²) >= 11 is 0. The zero-order valence-corrected chi connectivity index (χ0v) is 19.1. The molecule has 3 atom stereocenters. The lowest BCUT2D eigenvalue weighted by Crippen LogP contribution is -2.57. The average molecular weight is 479 g/mol. The molecule has 184 valence electrons. The van der Waals surface area contributed by atoms with Crippen LogP contribution in [-0.4, -0.2) is 78.3 Å². The Hall–Kier alpha value is -2.88. The predicted molar refractivity (Wildman–Crippen MR) is 119 cm³/mol. The van der Waals surface area contributed by atoms with Gasteiger partial charge < -0.3 is 19.9 Å². The van der Waals surface area contributed by atoms with Gasteiger partial charge in [-0.25, -0.2) is 9.78 Å². The first kappa shape index (κ1) is 24.3. The molecule has 0 spiro atoms. The maximum atomic E-state index is 13.2. The molecule has 0 bridgehead atoms. The average Bonchev–Trinajstić information content (AvgIpc) is 2.83. The first-order valence-electron chi connectivity index (χ1n) is 11.5. The number of hydrogen-bond donors (Lipinski definition) is 1. The van der Waals surface area contributed by atoms with Crippen LogP contribution in [0.15, 0.2) is 42.0 Å². The van der Waals surface area contributed by atoms with Gasteiger partial charge in [-0.15, -0.1) is 0 Å². The van der Waals surface area contributed by atoms with Crippen molar-refractivity contribution in [1.29, 1.82) is 0 Å². The van der Waals surface area contributed by atoms with E-state index in [1.54, 1.807) is 41.0 Å². The molecule has 0 radical (unpaired) electrons. The van der Waals surface area contributed by atoms with Crippen LogP contribution in [0.4, 0.5) is 18.0 Å². The van der Waals surface area contributed by atoms with Crippen LogP contribution in [0.3, 0.4) is 0 Å². The Kier molecular flexibility index (Phi) is 7.25. The Labute approximate surface area is 196 Å². The molecule has 3 unspecified atom stereocenters. The molecule has 3 amide bonds. The summed E-state index contributed by atoms with van der Waals surface area (Å²) in [6.07, 6.45) is 0.469. The molecule has 1 N–H and O–H groups in total. The number of carbonyl (C=O) groups excluding carboxylic acids is 2. The quantitative estimate of drug-likeness (QED) is 0.723. The number of hydrogen-bond acceptors (Lipinski definition) is 4. The van der Waals surface area contributed by atoms with E-state index in [0.717, 1.165) is 11.3 Å². The summed E-state index contributed by atoms with van der Waals surface area (Å²) in [5.74, 6) is -2.01. The summed E-state index contributed by atoms with van der Waals surface area (Å²) in [4.78, 5) is 33.7. The third-order valence-corrected chi connectivity index (χ3v) is 6.48. The predicted octanol–water partition coefficient (Wildman–Crippen LogP) is 3.33. The van der Waals surface area contributed by atoms with Gasteiger partial charge in [-0.2, -0.15) is 13.2 Å². The number of allylic oxidation sites excluding steroid dienone is 3. The van der Waals surface area contributed by atoms with Crippen molar-refractivity contribution in [1.82, 2.24) is 20.1 Å². The van der Waals surface area contributed by atoms with Crippen molar-refractivity contribution in [3.05, 3.63) is 53.4 Å². The van der Waals surface area contributed by atoms with E-state index in [4.69, 9.17) is 4.74 Å². The van der Waals surface area contributed by atoms with Crippen molar-refractivity contribution in [3.63, 3.8) is 0 Å². The standard InChI is InChI=1S/C24H29F3N4O3/c1-16-3-2-4-21(28-16)22(32)29-20-13-18(17-5-7-19(8-6-17)24(25,26)27)14-31(15-20)23(33)30-9-11-34-12-10-30/h2-7,18-20H,8-15H2,1H3,(H,29,32). The number of nitrogens with zero attached hydrogens (tertiary/aromatic N) is 3. The number of carbonyl (C=O) groups is 2. The van der Waals surface area contributed by atoms with E-state index in [9.17, 15) is 22.8 Å². The molecule has 2 aliphatic heterocycles. The van der Waals surface area contributed by atoms with E-state index in [0.29, 0.717) is 45.8 Å². The molecule has 1 aromatic heterocycles. The van der Waals surface area contributed by atoms with E-state index in [1.807, 2.05) is 0 Å². The van der Waals surface area contributed by atoms with Gasteiger partial charge in [0.15, 0.2) is 0 Å². The summed E-state index contributed by atoms with van der Waals surface area (Å²) in [5, 5.41) is 2.98. The number of alkyl halides is 3. The number of ether oxygens (including phenoxy) is 1. The lowest BCUT2D eigenvalue weighted by atomic mass is 9.83. The van der Waals surface area contributed by atoms with E-state index >= 15 is 0 Å². The first-order valence-corrected chi connectivity index (χ1v) is 11.5. The van der Waals surface area contributed by atoms with E-state index in [1.165, 1.54) is 12.2 Å². The molecule has 0 aromatic carbocycles. The maximum absolute atomic E-state index is 13.2. The fourth-order valence-corrected chi connectivity index (χ4v) is 4.67. The lowest BCUT2D eigenvalue weighted by Gasteiger charge is -2.41. The molecule has 4 rings (SSSR count). The van der Waals surface area contributed by atoms with Crippen molar-refractivity contribution in [2.45, 2.75) is 32.0 Å². The molecule has 1 aromatic rings. The van der Waals surface area contributed by atoms with Gasteiger partial charge in [-0.05, 0) is 37.5 Å². The number of halogens is 3. The van der Waals surface area contributed by atoms with Crippen LogP contribution in [0.25, 0.3) is 0 Å². The number of aryl methyl sites for hydroxylation is 1. The zero-order valence-electron chi connectivity index (χ0n) is 19.1. The summed E-state index contributed by atoms with van der Waals surface area (Å²) in [7, 11) is 0. The SMILES string of the molecule is Cc1cccc(C(=O)NC2CC(C3=CCC(C(F)(F)F)C=C3)CN(C(=O)N3CCOCC3)C2)n1. The molecule has 3 aliphatic rings. The number of urea groups is 1. The van der Waals surface area contributed by atoms with Crippen LogP contribution in [0, 0.1) is 18.8 Å². The normalized spacial score (nSPS) is 25.6. The van der Waals surface area contributed by atoms with E-state index in [-0.39, 0.29) is 36.0 Å². The van der Waals surface area contributed by atoms with Gasteiger partial charge in [0, 0.05) is 43.8 Å². The first-order chi connectivity index (χ1) is 16.2. The Morgan fingerprint density at radius 2 is 1.91 bits per heavy atom. The third kappa shape index (κ3) is 5.78. The molecule has 7 nitrogen and oxygen atoms in total. The molecular formula is C24H29F3N4O3. The fourth-order valence-electron chi connectivity index (χ4n) is 4.67. The molecular weight excluding hydrogens is 449 g/mol. The summed E-state index contributed by atoms with van der Waals surface area (Å²) < 4.78 is 44.6. The highest BCUT2D eigenvalue weighted by atomic mass is 19.4. The highest BCUT2D eigenvalue weighted by Crippen LogP contribution is 2.36. The van der Waals surface area contributed by atoms with Crippen LogP contribution in [0.1, 0.15) is 29.0 Å². The monoisotopic (exact) mass is 478 g/mol. The minimum atomic E-state index is -4.28. The Morgan fingerprint density at radius 1 is 1.15 bits per heavy atom. The maximum Gasteiger partial charge on any atom is 0.395 e. The van der Waals surface area contributed by atoms with Gasteiger partial charge in [0.1, 0.15) is 5.69 Å². The van der Waals surface area contributed by atoms with Crippen molar-refractivity contribution in [2.75, 3.05) is 39.4 Å². The number of amides is 3. The number of morpholine rings is 1. The number of rotatable bonds is 3. The van der Waals surface area contributed by atoms with Crippen LogP contribution < -0.4 is 5.32 Å². The second kappa shape index (κ2) is 10.2. The third-order valence-electron chi connectivity index (χ3n) is 6.48. The van der Waals surface area contributed by atoms with Crippen molar-refractivity contribution < 1.29 is 27.5 Å². The summed E-state index contributed by atoms with van der Waals surface area (Å²) in [5.41, 5.74) is 1.78. The molecule has 3 heterocycles. The Bertz CT molecular complexity index is 972. The topological polar surface area (TPSA) is 74.8 Å². The van der Waals surface area contributed by atoms with Crippen LogP contribution >= 0.6 is 0 Å². The van der Waals surface area contributed by atoms with Crippen molar-refractivity contribution in [2.24, 2.45) is 11.8 Å². The number of likely N-dealkylation sites (tertiary alicyclic amines) is 1. The highest BCUT2D eigenvalue weighted by Gasteiger charge is 2.39. The summed E-state index contributed by atoms with van der Waals surface area (Å²) in [6, 6.07) is 4.68. The molecule has 2 saturated heterocycles. The molecule has 1 aliphatic carbocycles. The van der Waals surface area contributed by atoms with Crippen LogP contribution in [-0.2, 0) is 4.74 Å². The number of aromatic nitrogens is 1. The smallest absolute Gasteiger partial charge is 0.378 e. The largest absolute Gasteiger partial charge is 0.395 e. The number of pyridine rings is 1. The minimum absolute atomic E-state index is 0.118. The van der Waals surface area contributed by atoms with Gasteiger partial charge in [0.2, 0.25) is 0 Å². The lowest BCUT2D eigenvalue weighted by molar-refractivity contribution is -0.160. The number of nitrogens with one attached hydrogen (secondary N) is 1. The molecule has 34 heavy (non-hydrogen) atoms. The van der Waals surface area contributed by atoms with E-state index in [2.05, 4.69) is 10.3 Å². The Morgan fingerprint density at radius 3 is 2.56 bits per heavy atom. The zero-order chi connectivity index (χ0) is 24.3. The number of piperidine rings is 1. The minimum Gasteiger partial charge on any atom is -0.378 e. The molecule has 2 fully saturated rings. The van der Waals surface area contributed by atoms with Crippen molar-refractivity contribution >= 4 is 11.9 Å². The highest BCUT2D eigenvalue weighted by molar-refractivity contribution is 5.92. The van der Waals surface area contributed by atoms with Gasteiger partial charge in [-0.1, -0.05) is 24.3 Å². The van der Waals surface area contributed by atoms with Crippen LogP contribution in [0.2, 0.25) is 0 Å². The van der Waals surface area contributed by atoms with Gasteiger partial charge >= 0.3 is 12.2 Å². The molecule has 10 heteroatoms. The fraction of sp³-hybridized carbons (Fsp3) is 0.542. The summed E-state index contributed by atoms with van der Waals surface area (Å²) in [6.45, 7) is 4.42. The second-order valence-electron chi connectivity index (χ2n) is 9.00. The van der Waals surface area contributed by atoms with Crippen molar-refractivity contribution in [3.8, 4) is 0 Å². The van der Waals surface area contributed by atoms with Crippen LogP contribution in [0.5, 0.6) is 0 Å². The molecule has 0 saturated carbocycles. The Balaban J connectivity index is 1.50. The van der Waals surface area contributed by atoms with E-state index < -0.39 is 12.1 Å². The van der Waals surface area contributed by atoms with Gasteiger partial charge in [-0.3, -0.25) is 4.79 Å². The second-order valence-corrected chi connectivity index (χ2v) is 9.00.